The zero-order valence-electron chi connectivity index (χ0n) is 14.3. The highest BCUT2D eigenvalue weighted by Crippen LogP contribution is 2.24. The number of aryl methyl sites for hydroxylation is 1. The van der Waals surface area contributed by atoms with Crippen LogP contribution >= 0.6 is 0 Å². The molecule has 1 aromatic carbocycles. The minimum absolute atomic E-state index is 0.106. The summed E-state index contributed by atoms with van der Waals surface area (Å²) in [6.45, 7) is 7.18. The maximum absolute atomic E-state index is 11.7. The number of aromatic nitrogens is 3. The molecule has 0 bridgehead atoms. The van der Waals surface area contributed by atoms with E-state index in [0.717, 1.165) is 11.6 Å². The van der Waals surface area contributed by atoms with Gasteiger partial charge in [0.05, 0.1) is 11.5 Å². The normalized spacial score (nSPS) is 17.1. The van der Waals surface area contributed by atoms with Crippen molar-refractivity contribution in [3.05, 3.63) is 41.5 Å². The number of hydrogen-bond acceptors (Lipinski definition) is 5. The number of fused-ring (bicyclic) bond motifs is 1. The molecule has 0 saturated heterocycles. The Balaban J connectivity index is 1.69. The molecule has 6 nitrogen and oxygen atoms in total. The van der Waals surface area contributed by atoms with Crippen LogP contribution in [0.1, 0.15) is 38.0 Å². The first-order valence-electron chi connectivity index (χ1n) is 8.09. The van der Waals surface area contributed by atoms with E-state index in [-0.39, 0.29) is 23.5 Å². The van der Waals surface area contributed by atoms with Crippen molar-refractivity contribution < 1.29 is 13.2 Å². The summed E-state index contributed by atoms with van der Waals surface area (Å²) in [5, 5.41) is 8.26. The monoisotopic (exact) mass is 349 g/mol. The molecule has 0 saturated carbocycles. The zero-order chi connectivity index (χ0) is 17.4. The number of benzene rings is 1. The molecule has 0 fully saturated rings. The van der Waals surface area contributed by atoms with E-state index in [0.29, 0.717) is 18.8 Å². The van der Waals surface area contributed by atoms with Crippen molar-refractivity contribution in [1.82, 2.24) is 14.8 Å². The smallest absolute Gasteiger partial charge is 0.171 e. The van der Waals surface area contributed by atoms with Crippen LogP contribution in [0.4, 0.5) is 0 Å². The Morgan fingerprint density at radius 2 is 1.83 bits per heavy atom. The molecular weight excluding hydrogens is 326 g/mol. The lowest BCUT2D eigenvalue weighted by Gasteiger charge is -2.19. The van der Waals surface area contributed by atoms with Crippen LogP contribution in [-0.2, 0) is 34.8 Å². The molecule has 0 aliphatic carbocycles. The number of nitrogens with zero attached hydrogens (tertiary/aromatic N) is 3. The van der Waals surface area contributed by atoms with Gasteiger partial charge in [-0.1, -0.05) is 32.9 Å². The summed E-state index contributed by atoms with van der Waals surface area (Å²) in [5.41, 5.74) is 1.35. The van der Waals surface area contributed by atoms with Gasteiger partial charge in [0.25, 0.3) is 0 Å². The van der Waals surface area contributed by atoms with E-state index in [1.165, 1.54) is 5.56 Å². The number of rotatable bonds is 3. The second kappa shape index (κ2) is 6.20. The zero-order valence-corrected chi connectivity index (χ0v) is 15.1. The van der Waals surface area contributed by atoms with Crippen LogP contribution < -0.4 is 4.74 Å². The Morgan fingerprint density at radius 1 is 1.12 bits per heavy atom. The first-order valence-corrected chi connectivity index (χ1v) is 9.91. The molecule has 0 N–H and O–H groups in total. The topological polar surface area (TPSA) is 74.1 Å². The van der Waals surface area contributed by atoms with Gasteiger partial charge in [0.2, 0.25) is 0 Å². The van der Waals surface area contributed by atoms with Gasteiger partial charge < -0.3 is 9.30 Å². The average molecular weight is 349 g/mol. The van der Waals surface area contributed by atoms with Crippen LogP contribution in [-0.4, -0.2) is 34.7 Å². The maximum atomic E-state index is 11.7. The quantitative estimate of drug-likeness (QED) is 0.848. The summed E-state index contributed by atoms with van der Waals surface area (Å²) in [5.74, 6) is 2.42. The highest BCUT2D eigenvalue weighted by molar-refractivity contribution is 7.91. The van der Waals surface area contributed by atoms with Gasteiger partial charge in [0, 0.05) is 13.0 Å². The fourth-order valence-corrected chi connectivity index (χ4v) is 3.86. The van der Waals surface area contributed by atoms with Gasteiger partial charge in [-0.05, 0) is 23.1 Å². The van der Waals surface area contributed by atoms with Gasteiger partial charge in [-0.3, -0.25) is 0 Å². The van der Waals surface area contributed by atoms with E-state index >= 15 is 0 Å². The highest BCUT2D eigenvalue weighted by atomic mass is 32.2. The van der Waals surface area contributed by atoms with E-state index in [1.54, 1.807) is 0 Å². The summed E-state index contributed by atoms with van der Waals surface area (Å²) >= 11 is 0. The predicted octanol–water partition coefficient (Wildman–Crippen LogP) is 2.13. The number of ether oxygens (including phenoxy) is 1. The summed E-state index contributed by atoms with van der Waals surface area (Å²) in [7, 11) is -2.99. The number of sulfone groups is 1. The van der Waals surface area contributed by atoms with Crippen molar-refractivity contribution in [1.29, 1.82) is 0 Å². The van der Waals surface area contributed by atoms with Crippen molar-refractivity contribution >= 4 is 9.84 Å². The molecule has 1 aliphatic rings. The van der Waals surface area contributed by atoms with Crippen LogP contribution in [0.15, 0.2) is 24.3 Å². The fraction of sp³-hybridized carbons (Fsp3) is 0.529. The molecule has 2 heterocycles. The van der Waals surface area contributed by atoms with E-state index in [9.17, 15) is 8.42 Å². The highest BCUT2D eigenvalue weighted by Gasteiger charge is 2.22. The molecule has 7 heteroatoms. The summed E-state index contributed by atoms with van der Waals surface area (Å²) in [6.07, 6.45) is 0.412. The average Bonchev–Trinajstić information content (AvgIpc) is 2.84. The summed E-state index contributed by atoms with van der Waals surface area (Å²) in [4.78, 5) is 0. The van der Waals surface area contributed by atoms with Crippen LogP contribution in [0.3, 0.4) is 0 Å². The van der Waals surface area contributed by atoms with Crippen molar-refractivity contribution in [3.63, 3.8) is 0 Å². The first kappa shape index (κ1) is 17.0. The van der Waals surface area contributed by atoms with E-state index in [2.05, 4.69) is 43.1 Å². The Kier molecular flexibility index (Phi) is 4.38. The molecule has 2 aromatic rings. The molecule has 3 rings (SSSR count). The van der Waals surface area contributed by atoms with Gasteiger partial charge in [-0.2, -0.15) is 0 Å². The van der Waals surface area contributed by atoms with Crippen LogP contribution in [0.25, 0.3) is 0 Å². The second-order valence-electron chi connectivity index (χ2n) is 7.15. The second-order valence-corrected chi connectivity index (χ2v) is 9.45. The van der Waals surface area contributed by atoms with E-state index in [1.807, 2.05) is 16.7 Å². The molecule has 0 atom stereocenters. The van der Waals surface area contributed by atoms with Crippen LogP contribution in [0, 0.1) is 0 Å². The Bertz CT molecular complexity index is 818. The minimum Gasteiger partial charge on any atom is -0.486 e. The maximum Gasteiger partial charge on any atom is 0.171 e. The van der Waals surface area contributed by atoms with Crippen molar-refractivity contribution in [3.8, 4) is 5.75 Å². The van der Waals surface area contributed by atoms with Gasteiger partial charge in [0.1, 0.15) is 18.2 Å². The van der Waals surface area contributed by atoms with Gasteiger partial charge in [-0.15, -0.1) is 10.2 Å². The number of hydrogen-bond donors (Lipinski definition) is 0. The third-order valence-electron chi connectivity index (χ3n) is 4.25. The molecule has 130 valence electrons. The lowest BCUT2D eigenvalue weighted by Crippen LogP contribution is -2.14. The summed E-state index contributed by atoms with van der Waals surface area (Å²) < 4.78 is 31.2. The fourth-order valence-electron chi connectivity index (χ4n) is 2.70. The molecule has 0 spiro atoms. The third-order valence-corrected chi connectivity index (χ3v) is 5.89. The van der Waals surface area contributed by atoms with Gasteiger partial charge in [0.15, 0.2) is 15.7 Å². The molecule has 1 aliphatic heterocycles. The Morgan fingerprint density at radius 3 is 2.50 bits per heavy atom. The molecule has 0 amide bonds. The minimum atomic E-state index is -2.99. The van der Waals surface area contributed by atoms with Gasteiger partial charge in [-0.25, -0.2) is 8.42 Å². The van der Waals surface area contributed by atoms with E-state index in [4.69, 9.17) is 4.74 Å². The van der Waals surface area contributed by atoms with Crippen molar-refractivity contribution in [2.75, 3.05) is 11.5 Å². The van der Waals surface area contributed by atoms with Gasteiger partial charge >= 0.3 is 0 Å². The lowest BCUT2D eigenvalue weighted by atomic mass is 9.87. The molecule has 24 heavy (non-hydrogen) atoms. The Labute approximate surface area is 142 Å². The SMILES string of the molecule is CC(C)(C)c1ccc(OCc2nnc3n2CCS(=O)(=O)CC3)cc1. The van der Waals surface area contributed by atoms with E-state index < -0.39 is 9.84 Å². The largest absolute Gasteiger partial charge is 0.486 e. The standard InChI is InChI=1S/C17H23N3O3S/c1-17(2,3)13-4-6-14(7-5-13)23-12-16-19-18-15-8-10-24(21,22)11-9-20(15)16/h4-7H,8-12H2,1-3H3. The molecule has 1 aromatic heterocycles. The predicted molar refractivity (Wildman–Crippen MR) is 91.9 cm³/mol. The van der Waals surface area contributed by atoms with Crippen molar-refractivity contribution in [2.24, 2.45) is 0 Å². The molecule has 0 radical (unpaired) electrons. The Hall–Kier alpha value is -1.89. The molecule has 0 unspecified atom stereocenters. The summed E-state index contributed by atoms with van der Waals surface area (Å²) in [6, 6.07) is 8.02. The third kappa shape index (κ3) is 3.77. The van der Waals surface area contributed by atoms with Crippen molar-refractivity contribution in [2.45, 2.75) is 45.8 Å². The van der Waals surface area contributed by atoms with Crippen LogP contribution in [0.5, 0.6) is 5.75 Å². The van der Waals surface area contributed by atoms with Crippen LogP contribution in [0.2, 0.25) is 0 Å². The lowest BCUT2D eigenvalue weighted by molar-refractivity contribution is 0.289. The molecular formula is C17H23N3O3S. The first-order chi connectivity index (χ1) is 11.2.